The Kier molecular flexibility index (Phi) is 4.21. The average Bonchev–Trinajstić information content (AvgIpc) is 3.36. The molecule has 1 saturated heterocycles. The first kappa shape index (κ1) is 15.4. The third-order valence-electron chi connectivity index (χ3n) is 4.49. The van der Waals surface area contributed by atoms with Crippen molar-refractivity contribution in [2.75, 3.05) is 23.3 Å². The molecule has 0 aliphatic carbocycles. The van der Waals surface area contributed by atoms with E-state index in [2.05, 4.69) is 27.4 Å². The molecule has 25 heavy (non-hydrogen) atoms. The summed E-state index contributed by atoms with van der Waals surface area (Å²) in [6.45, 7) is 2.24. The lowest BCUT2D eigenvalue weighted by atomic mass is 10.2. The van der Waals surface area contributed by atoms with Gasteiger partial charge in [0.25, 0.3) is 5.91 Å². The van der Waals surface area contributed by atoms with Crippen LogP contribution in [0.3, 0.4) is 0 Å². The molecule has 1 fully saturated rings. The van der Waals surface area contributed by atoms with Crippen molar-refractivity contribution < 1.29 is 4.79 Å². The number of nitrogens with one attached hydrogen (secondary N) is 1. The van der Waals surface area contributed by atoms with Gasteiger partial charge in [-0.2, -0.15) is 5.10 Å². The van der Waals surface area contributed by atoms with Gasteiger partial charge in [0.1, 0.15) is 0 Å². The fraction of sp³-hybridized carbons (Fsp3) is 0.200. The van der Waals surface area contributed by atoms with Crippen LogP contribution in [0.4, 0.5) is 11.4 Å². The van der Waals surface area contributed by atoms with Crippen LogP contribution in [-0.2, 0) is 0 Å². The van der Waals surface area contributed by atoms with Crippen LogP contribution < -0.4 is 10.2 Å². The van der Waals surface area contributed by atoms with Gasteiger partial charge in [-0.15, -0.1) is 0 Å². The highest BCUT2D eigenvalue weighted by molar-refractivity contribution is 6.04. The summed E-state index contributed by atoms with van der Waals surface area (Å²) < 4.78 is 1.76. The Morgan fingerprint density at radius 3 is 2.24 bits per heavy atom. The fourth-order valence-electron chi connectivity index (χ4n) is 3.12. The molecule has 0 atom stereocenters. The minimum atomic E-state index is -0.110. The SMILES string of the molecule is O=C(Nc1ccc(N2CCCC2)cc1)c1ccc(-n2cccn2)cc1. The van der Waals surface area contributed by atoms with Gasteiger partial charge in [0.15, 0.2) is 0 Å². The van der Waals surface area contributed by atoms with Crippen LogP contribution in [0.15, 0.2) is 67.0 Å². The third kappa shape index (κ3) is 3.40. The second-order valence-corrected chi connectivity index (χ2v) is 6.19. The molecule has 3 aromatic rings. The molecule has 1 aromatic heterocycles. The number of carbonyl (C=O) groups excluding carboxylic acids is 1. The molecule has 0 bridgehead atoms. The fourth-order valence-corrected chi connectivity index (χ4v) is 3.12. The Morgan fingerprint density at radius 2 is 1.60 bits per heavy atom. The second-order valence-electron chi connectivity index (χ2n) is 6.19. The summed E-state index contributed by atoms with van der Waals surface area (Å²) >= 11 is 0. The maximum Gasteiger partial charge on any atom is 0.255 e. The van der Waals surface area contributed by atoms with Crippen molar-refractivity contribution in [3.05, 3.63) is 72.6 Å². The van der Waals surface area contributed by atoms with E-state index >= 15 is 0 Å². The van der Waals surface area contributed by atoms with E-state index in [9.17, 15) is 4.79 Å². The molecule has 2 aromatic carbocycles. The quantitative estimate of drug-likeness (QED) is 0.792. The number of rotatable bonds is 4. The van der Waals surface area contributed by atoms with Gasteiger partial charge in [-0.3, -0.25) is 4.79 Å². The van der Waals surface area contributed by atoms with Crippen LogP contribution in [0, 0.1) is 0 Å². The molecular formula is C20H20N4O. The highest BCUT2D eigenvalue weighted by Crippen LogP contribution is 2.22. The average molecular weight is 332 g/mol. The molecule has 0 unspecified atom stereocenters. The molecule has 0 spiro atoms. The summed E-state index contributed by atoms with van der Waals surface area (Å²) in [5.41, 5.74) is 3.58. The minimum absolute atomic E-state index is 0.110. The Labute approximate surface area is 146 Å². The smallest absolute Gasteiger partial charge is 0.255 e. The number of anilines is 2. The molecule has 126 valence electrons. The Bertz CT molecular complexity index is 832. The van der Waals surface area contributed by atoms with E-state index in [1.807, 2.05) is 48.7 Å². The van der Waals surface area contributed by atoms with Crippen molar-refractivity contribution in [3.8, 4) is 5.69 Å². The number of aromatic nitrogens is 2. The predicted molar refractivity (Wildman–Crippen MR) is 99.4 cm³/mol. The molecule has 5 nitrogen and oxygen atoms in total. The number of hydrogen-bond donors (Lipinski definition) is 1. The van der Waals surface area contributed by atoms with Crippen LogP contribution in [0.1, 0.15) is 23.2 Å². The van der Waals surface area contributed by atoms with Crippen molar-refractivity contribution in [2.24, 2.45) is 0 Å². The lowest BCUT2D eigenvalue weighted by Gasteiger charge is -2.17. The summed E-state index contributed by atoms with van der Waals surface area (Å²) in [4.78, 5) is 14.8. The monoisotopic (exact) mass is 332 g/mol. The first-order chi connectivity index (χ1) is 12.3. The van der Waals surface area contributed by atoms with E-state index in [1.54, 1.807) is 10.9 Å². The van der Waals surface area contributed by atoms with Gasteiger partial charge in [-0.25, -0.2) is 4.68 Å². The molecule has 1 N–H and O–H groups in total. The van der Waals surface area contributed by atoms with Crippen molar-refractivity contribution in [1.82, 2.24) is 9.78 Å². The number of carbonyl (C=O) groups is 1. The van der Waals surface area contributed by atoms with E-state index in [0.29, 0.717) is 5.56 Å². The molecule has 5 heteroatoms. The van der Waals surface area contributed by atoms with Crippen molar-refractivity contribution in [2.45, 2.75) is 12.8 Å². The van der Waals surface area contributed by atoms with E-state index in [1.165, 1.54) is 18.5 Å². The highest BCUT2D eigenvalue weighted by atomic mass is 16.1. The lowest BCUT2D eigenvalue weighted by molar-refractivity contribution is 0.102. The molecule has 0 radical (unpaired) electrons. The van der Waals surface area contributed by atoms with Gasteiger partial charge >= 0.3 is 0 Å². The van der Waals surface area contributed by atoms with Crippen LogP contribution in [0.2, 0.25) is 0 Å². The molecule has 2 heterocycles. The zero-order chi connectivity index (χ0) is 17.1. The van der Waals surface area contributed by atoms with Gasteiger partial charge in [-0.05, 0) is 67.4 Å². The number of hydrogen-bond acceptors (Lipinski definition) is 3. The van der Waals surface area contributed by atoms with Gasteiger partial charge in [-0.1, -0.05) is 0 Å². The van der Waals surface area contributed by atoms with Crippen LogP contribution in [-0.4, -0.2) is 28.8 Å². The molecule has 4 rings (SSSR count). The summed E-state index contributed by atoms with van der Waals surface area (Å²) in [5, 5.41) is 7.13. The van der Waals surface area contributed by atoms with Crippen LogP contribution >= 0.6 is 0 Å². The van der Waals surface area contributed by atoms with E-state index in [0.717, 1.165) is 24.5 Å². The summed E-state index contributed by atoms with van der Waals surface area (Å²) in [6.07, 6.45) is 6.11. The molecule has 1 aliphatic heterocycles. The number of amides is 1. The van der Waals surface area contributed by atoms with Crippen molar-refractivity contribution in [1.29, 1.82) is 0 Å². The number of benzene rings is 2. The summed E-state index contributed by atoms with van der Waals surface area (Å²) in [6, 6.07) is 17.3. The van der Waals surface area contributed by atoms with Gasteiger partial charge < -0.3 is 10.2 Å². The van der Waals surface area contributed by atoms with E-state index < -0.39 is 0 Å². The molecule has 1 aliphatic rings. The van der Waals surface area contributed by atoms with E-state index in [4.69, 9.17) is 0 Å². The van der Waals surface area contributed by atoms with Crippen molar-refractivity contribution >= 4 is 17.3 Å². The topological polar surface area (TPSA) is 50.2 Å². The summed E-state index contributed by atoms with van der Waals surface area (Å²) in [5.74, 6) is -0.110. The van der Waals surface area contributed by atoms with Gasteiger partial charge in [0.05, 0.1) is 5.69 Å². The lowest BCUT2D eigenvalue weighted by Crippen LogP contribution is -2.17. The zero-order valence-electron chi connectivity index (χ0n) is 13.9. The van der Waals surface area contributed by atoms with E-state index in [-0.39, 0.29) is 5.91 Å². The zero-order valence-corrected chi connectivity index (χ0v) is 13.9. The third-order valence-corrected chi connectivity index (χ3v) is 4.49. The standard InChI is InChI=1S/C20H20N4O/c25-20(16-4-8-19(9-5-16)24-15-3-12-21-24)22-17-6-10-18(11-7-17)23-13-1-2-14-23/h3-12,15H,1-2,13-14H2,(H,22,25). The first-order valence-electron chi connectivity index (χ1n) is 8.56. The van der Waals surface area contributed by atoms with Crippen molar-refractivity contribution in [3.63, 3.8) is 0 Å². The molecule has 1 amide bonds. The largest absolute Gasteiger partial charge is 0.372 e. The maximum atomic E-state index is 12.4. The number of nitrogens with zero attached hydrogens (tertiary/aromatic N) is 3. The second kappa shape index (κ2) is 6.81. The van der Waals surface area contributed by atoms with Gasteiger partial charge in [0, 0.05) is 42.4 Å². The normalized spacial score (nSPS) is 13.8. The van der Waals surface area contributed by atoms with Crippen LogP contribution in [0.25, 0.3) is 5.69 Å². The molecular weight excluding hydrogens is 312 g/mol. The van der Waals surface area contributed by atoms with Gasteiger partial charge in [0.2, 0.25) is 0 Å². The predicted octanol–water partition coefficient (Wildman–Crippen LogP) is 3.72. The summed E-state index contributed by atoms with van der Waals surface area (Å²) in [7, 11) is 0. The van der Waals surface area contributed by atoms with Crippen LogP contribution in [0.5, 0.6) is 0 Å². The maximum absolute atomic E-state index is 12.4. The Balaban J connectivity index is 1.42. The minimum Gasteiger partial charge on any atom is -0.372 e. The first-order valence-corrected chi connectivity index (χ1v) is 8.56. The molecule has 0 saturated carbocycles. The highest BCUT2D eigenvalue weighted by Gasteiger charge is 2.12. The Hall–Kier alpha value is -3.08. The Morgan fingerprint density at radius 1 is 0.920 bits per heavy atom.